The van der Waals surface area contributed by atoms with Crippen LogP contribution >= 0.6 is 0 Å². The summed E-state index contributed by atoms with van der Waals surface area (Å²) in [5.74, 6) is 0.862. The number of hydrogen-bond acceptors (Lipinski definition) is 3. The molecule has 3 aromatic carbocycles. The Bertz CT molecular complexity index is 918. The Hall–Kier alpha value is -2.88. The third-order valence-corrected chi connectivity index (χ3v) is 5.21. The van der Waals surface area contributed by atoms with E-state index in [1.54, 1.807) is 0 Å². The Morgan fingerprint density at radius 3 is 1.90 bits per heavy atom. The van der Waals surface area contributed by atoms with E-state index in [1.165, 1.54) is 27.8 Å². The van der Waals surface area contributed by atoms with Gasteiger partial charge >= 0.3 is 0 Å². The Kier molecular flexibility index (Phi) is 8.25. The normalized spacial score (nSPS) is 12.0. The van der Waals surface area contributed by atoms with Crippen molar-refractivity contribution in [3.05, 3.63) is 102 Å². The molecule has 0 spiro atoms. The van der Waals surface area contributed by atoms with Gasteiger partial charge in [-0.1, -0.05) is 79.7 Å². The highest BCUT2D eigenvalue weighted by Crippen LogP contribution is 2.34. The van der Waals surface area contributed by atoms with Crippen LogP contribution in [0.1, 0.15) is 30.0 Å². The van der Waals surface area contributed by atoms with Gasteiger partial charge < -0.3 is 14.7 Å². The number of aliphatic hydroxyl groups excluding tert-OH is 1. The maximum absolute atomic E-state index is 8.99. The predicted octanol–water partition coefficient (Wildman–Crippen LogP) is 5.36. The average molecular weight is 402 g/mol. The number of benzene rings is 3. The monoisotopic (exact) mass is 401 g/mol. The first-order chi connectivity index (χ1) is 14.7. The Morgan fingerprint density at radius 1 is 0.767 bits per heavy atom. The molecule has 0 aromatic heterocycles. The zero-order valence-corrected chi connectivity index (χ0v) is 17.9. The summed E-state index contributed by atoms with van der Waals surface area (Å²) in [5.41, 5.74) is 6.26. The van der Waals surface area contributed by atoms with Crippen LogP contribution in [0, 0.1) is 0 Å². The van der Waals surface area contributed by atoms with Crippen molar-refractivity contribution in [3.8, 4) is 5.75 Å². The van der Waals surface area contributed by atoms with Gasteiger partial charge in [-0.3, -0.25) is 0 Å². The number of likely N-dealkylation sites (N-methyl/N-ethyl adjacent to an activating group) is 1. The molecular formula is C27H31NO2. The fraction of sp³-hybridized carbons (Fsp3) is 0.259. The minimum Gasteiger partial charge on any atom is -0.492 e. The third-order valence-electron chi connectivity index (χ3n) is 5.21. The van der Waals surface area contributed by atoms with Gasteiger partial charge in [-0.15, -0.1) is 0 Å². The minimum atomic E-state index is 0.168. The summed E-state index contributed by atoms with van der Waals surface area (Å²) >= 11 is 0. The number of rotatable bonds is 10. The van der Waals surface area contributed by atoms with Crippen molar-refractivity contribution in [1.29, 1.82) is 0 Å². The molecule has 30 heavy (non-hydrogen) atoms. The average Bonchev–Trinajstić information content (AvgIpc) is 2.79. The van der Waals surface area contributed by atoms with E-state index < -0.39 is 0 Å². The van der Waals surface area contributed by atoms with Crippen LogP contribution in [0.15, 0.2) is 84.9 Å². The molecule has 0 aliphatic carbocycles. The molecule has 0 saturated carbocycles. The molecule has 1 N–H and O–H groups in total. The zero-order valence-electron chi connectivity index (χ0n) is 17.9. The van der Waals surface area contributed by atoms with Gasteiger partial charge in [0.1, 0.15) is 12.4 Å². The van der Waals surface area contributed by atoms with Crippen LogP contribution in [0.5, 0.6) is 5.75 Å². The first kappa shape index (κ1) is 21.8. The summed E-state index contributed by atoms with van der Waals surface area (Å²) in [7, 11) is 1.98. The van der Waals surface area contributed by atoms with Gasteiger partial charge in [0, 0.05) is 13.1 Å². The first-order valence-corrected chi connectivity index (χ1v) is 10.6. The van der Waals surface area contributed by atoms with E-state index in [0.29, 0.717) is 13.2 Å². The number of aliphatic hydroxyl groups is 1. The second-order valence-corrected chi connectivity index (χ2v) is 7.34. The highest BCUT2D eigenvalue weighted by Gasteiger charge is 2.13. The maximum atomic E-state index is 8.99. The highest BCUT2D eigenvalue weighted by atomic mass is 16.5. The van der Waals surface area contributed by atoms with Crippen LogP contribution in [0.2, 0.25) is 0 Å². The SMILES string of the molecule is CC/C(=C(\c1ccccc1)c1ccc(OCCN(C)CCO)cc1)c1ccccc1. The smallest absolute Gasteiger partial charge is 0.119 e. The summed E-state index contributed by atoms with van der Waals surface area (Å²) < 4.78 is 5.90. The second kappa shape index (κ2) is 11.3. The highest BCUT2D eigenvalue weighted by molar-refractivity contribution is 5.98. The van der Waals surface area contributed by atoms with E-state index in [2.05, 4.69) is 84.6 Å². The lowest BCUT2D eigenvalue weighted by molar-refractivity contribution is 0.192. The number of ether oxygens (including phenoxy) is 1. The first-order valence-electron chi connectivity index (χ1n) is 10.6. The quantitative estimate of drug-likeness (QED) is 0.464. The topological polar surface area (TPSA) is 32.7 Å². The lowest BCUT2D eigenvalue weighted by Gasteiger charge is -2.17. The van der Waals surface area contributed by atoms with Crippen molar-refractivity contribution in [2.24, 2.45) is 0 Å². The van der Waals surface area contributed by atoms with Crippen molar-refractivity contribution in [3.63, 3.8) is 0 Å². The molecule has 0 aliphatic rings. The standard InChI is InChI=1S/C27H31NO2/c1-3-26(22-10-6-4-7-11-22)27(23-12-8-5-9-13-23)24-14-16-25(17-15-24)30-21-19-28(2)18-20-29/h4-17,29H,3,18-21H2,1-2H3/b27-26-. The van der Waals surface area contributed by atoms with Crippen molar-refractivity contribution >= 4 is 11.1 Å². The Labute approximate surface area is 180 Å². The molecule has 156 valence electrons. The fourth-order valence-electron chi connectivity index (χ4n) is 3.60. The van der Waals surface area contributed by atoms with Crippen molar-refractivity contribution in [2.75, 3.05) is 33.4 Å². The molecule has 0 amide bonds. The molecule has 3 heteroatoms. The summed E-state index contributed by atoms with van der Waals surface area (Å²) in [5, 5.41) is 8.99. The van der Waals surface area contributed by atoms with Crippen molar-refractivity contribution in [2.45, 2.75) is 13.3 Å². The van der Waals surface area contributed by atoms with E-state index in [0.717, 1.165) is 18.7 Å². The minimum absolute atomic E-state index is 0.168. The molecule has 0 heterocycles. The van der Waals surface area contributed by atoms with E-state index in [4.69, 9.17) is 9.84 Å². The van der Waals surface area contributed by atoms with Crippen LogP contribution < -0.4 is 4.74 Å². The summed E-state index contributed by atoms with van der Waals surface area (Å²) in [6.07, 6.45) is 0.948. The zero-order chi connectivity index (χ0) is 21.2. The molecule has 3 aromatic rings. The lowest BCUT2D eigenvalue weighted by atomic mass is 9.88. The predicted molar refractivity (Wildman–Crippen MR) is 126 cm³/mol. The van der Waals surface area contributed by atoms with Gasteiger partial charge in [-0.25, -0.2) is 0 Å². The maximum Gasteiger partial charge on any atom is 0.119 e. The number of hydrogen-bond donors (Lipinski definition) is 1. The fourth-order valence-corrected chi connectivity index (χ4v) is 3.60. The molecule has 0 radical (unpaired) electrons. The molecule has 0 aliphatic heterocycles. The lowest BCUT2D eigenvalue weighted by Crippen LogP contribution is -2.27. The summed E-state index contributed by atoms with van der Waals surface area (Å²) in [4.78, 5) is 2.05. The van der Waals surface area contributed by atoms with Gasteiger partial charge in [-0.05, 0) is 53.4 Å². The molecule has 0 bridgehead atoms. The largest absolute Gasteiger partial charge is 0.492 e. The van der Waals surface area contributed by atoms with Gasteiger partial charge in [0.25, 0.3) is 0 Å². The van der Waals surface area contributed by atoms with Gasteiger partial charge in [-0.2, -0.15) is 0 Å². The van der Waals surface area contributed by atoms with Crippen molar-refractivity contribution in [1.82, 2.24) is 4.90 Å². The van der Waals surface area contributed by atoms with Crippen LogP contribution in [-0.2, 0) is 0 Å². The van der Waals surface area contributed by atoms with Crippen LogP contribution in [0.3, 0.4) is 0 Å². The molecular weight excluding hydrogens is 370 g/mol. The molecule has 0 unspecified atom stereocenters. The molecule has 0 fully saturated rings. The Morgan fingerprint density at radius 2 is 1.33 bits per heavy atom. The Balaban J connectivity index is 1.89. The van der Waals surface area contributed by atoms with Gasteiger partial charge in [0.2, 0.25) is 0 Å². The second-order valence-electron chi connectivity index (χ2n) is 7.34. The van der Waals surface area contributed by atoms with Crippen molar-refractivity contribution < 1.29 is 9.84 Å². The molecule has 3 nitrogen and oxygen atoms in total. The van der Waals surface area contributed by atoms with Gasteiger partial charge in [0.15, 0.2) is 0 Å². The third kappa shape index (κ3) is 5.82. The van der Waals surface area contributed by atoms with Gasteiger partial charge in [0.05, 0.1) is 6.61 Å². The number of nitrogens with zero attached hydrogens (tertiary/aromatic N) is 1. The van der Waals surface area contributed by atoms with Crippen LogP contribution in [-0.4, -0.2) is 43.4 Å². The van der Waals surface area contributed by atoms with Crippen LogP contribution in [0.4, 0.5) is 0 Å². The number of allylic oxidation sites excluding steroid dienone is 1. The summed E-state index contributed by atoms with van der Waals surface area (Å²) in [6.45, 7) is 4.42. The molecule has 0 saturated heterocycles. The van der Waals surface area contributed by atoms with E-state index in [-0.39, 0.29) is 6.61 Å². The van der Waals surface area contributed by atoms with E-state index >= 15 is 0 Å². The molecule has 3 rings (SSSR count). The van der Waals surface area contributed by atoms with Crippen LogP contribution in [0.25, 0.3) is 11.1 Å². The van der Waals surface area contributed by atoms with E-state index in [1.807, 2.05) is 19.2 Å². The van der Waals surface area contributed by atoms with E-state index in [9.17, 15) is 0 Å². The molecule has 0 atom stereocenters. The summed E-state index contributed by atoms with van der Waals surface area (Å²) in [6, 6.07) is 29.6.